The molecule has 12 heavy (non-hydrogen) atoms. The largest absolute Gasteiger partial charge is 0.396 e. The topological polar surface area (TPSA) is 32.3 Å². The molecule has 2 heteroatoms. The maximum absolute atomic E-state index is 8.63. The third-order valence-corrected chi connectivity index (χ3v) is 2.34. The Morgan fingerprint density at radius 3 is 2.17 bits per heavy atom. The van der Waals surface area contributed by atoms with E-state index in [2.05, 4.69) is 33.0 Å². The summed E-state index contributed by atoms with van der Waals surface area (Å²) in [5.41, 5.74) is 0. The molecule has 0 spiro atoms. The van der Waals surface area contributed by atoms with Crippen molar-refractivity contribution in [1.29, 1.82) is 0 Å². The van der Waals surface area contributed by atoms with E-state index in [1.165, 1.54) is 0 Å². The lowest BCUT2D eigenvalue weighted by Gasteiger charge is -2.22. The Labute approximate surface area is 76.4 Å². The Morgan fingerprint density at radius 2 is 1.75 bits per heavy atom. The molecule has 0 fully saturated rings. The van der Waals surface area contributed by atoms with E-state index in [-0.39, 0.29) is 0 Å². The van der Waals surface area contributed by atoms with Crippen LogP contribution in [-0.4, -0.2) is 23.8 Å². The number of rotatable bonds is 6. The number of aliphatic hydroxyl groups excluding tert-OH is 1. The van der Waals surface area contributed by atoms with Gasteiger partial charge in [0.15, 0.2) is 0 Å². The molecule has 2 N–H and O–H groups in total. The average molecular weight is 173 g/mol. The summed E-state index contributed by atoms with van der Waals surface area (Å²) in [6.45, 7) is 9.13. The fourth-order valence-corrected chi connectivity index (χ4v) is 1.12. The predicted molar refractivity (Wildman–Crippen MR) is 53.2 cm³/mol. The lowest BCUT2D eigenvalue weighted by atomic mass is 10.0. The summed E-state index contributed by atoms with van der Waals surface area (Å²) in [5.74, 6) is 0.682. The lowest BCUT2D eigenvalue weighted by molar-refractivity contribution is 0.270. The van der Waals surface area contributed by atoms with Crippen molar-refractivity contribution < 1.29 is 5.11 Å². The molecule has 0 heterocycles. The Kier molecular flexibility index (Phi) is 6.39. The summed E-state index contributed by atoms with van der Waals surface area (Å²) in [6.07, 6.45) is 1.96. The second-order valence-corrected chi connectivity index (χ2v) is 3.97. The highest BCUT2D eigenvalue weighted by molar-refractivity contribution is 4.69. The molecule has 0 amide bonds. The van der Waals surface area contributed by atoms with E-state index < -0.39 is 0 Å². The maximum Gasteiger partial charge on any atom is 0.0431 e. The van der Waals surface area contributed by atoms with Gasteiger partial charge in [0.1, 0.15) is 0 Å². The van der Waals surface area contributed by atoms with Gasteiger partial charge in [-0.3, -0.25) is 0 Å². The molecule has 0 saturated carbocycles. The summed E-state index contributed by atoms with van der Waals surface area (Å²) >= 11 is 0. The van der Waals surface area contributed by atoms with Crippen LogP contribution in [0.4, 0.5) is 0 Å². The quantitative estimate of drug-likeness (QED) is 0.641. The molecular formula is C10H23NO. The van der Waals surface area contributed by atoms with Crippen molar-refractivity contribution in [1.82, 2.24) is 5.32 Å². The van der Waals surface area contributed by atoms with Gasteiger partial charge in [0.2, 0.25) is 0 Å². The normalized spacial score (nSPS) is 16.5. The molecule has 0 aliphatic carbocycles. The van der Waals surface area contributed by atoms with Crippen LogP contribution >= 0.6 is 0 Å². The monoisotopic (exact) mass is 173 g/mol. The minimum Gasteiger partial charge on any atom is -0.396 e. The summed E-state index contributed by atoms with van der Waals surface area (Å²) in [4.78, 5) is 0. The summed E-state index contributed by atoms with van der Waals surface area (Å²) < 4.78 is 0. The Balaban J connectivity index is 3.47. The van der Waals surface area contributed by atoms with Gasteiger partial charge in [-0.1, -0.05) is 13.8 Å². The van der Waals surface area contributed by atoms with E-state index in [4.69, 9.17) is 5.11 Å². The molecule has 0 unspecified atom stereocenters. The fourth-order valence-electron chi connectivity index (χ4n) is 1.12. The van der Waals surface area contributed by atoms with Gasteiger partial charge in [-0.25, -0.2) is 0 Å². The van der Waals surface area contributed by atoms with Crippen LogP contribution < -0.4 is 5.32 Å². The second-order valence-electron chi connectivity index (χ2n) is 3.97. The van der Waals surface area contributed by atoms with Crippen LogP contribution in [0.2, 0.25) is 0 Å². The van der Waals surface area contributed by atoms with Gasteiger partial charge in [0.05, 0.1) is 0 Å². The smallest absolute Gasteiger partial charge is 0.0431 e. The van der Waals surface area contributed by atoms with Gasteiger partial charge in [0, 0.05) is 18.7 Å². The van der Waals surface area contributed by atoms with Crippen LogP contribution in [0.1, 0.15) is 40.5 Å². The lowest BCUT2D eigenvalue weighted by Crippen LogP contribution is -2.37. The minimum absolute atomic E-state index is 0.308. The molecule has 0 rings (SSSR count). The molecule has 2 atom stereocenters. The first kappa shape index (κ1) is 11.9. The van der Waals surface area contributed by atoms with Crippen LogP contribution in [0.5, 0.6) is 0 Å². The number of hydrogen-bond acceptors (Lipinski definition) is 2. The highest BCUT2D eigenvalue weighted by Crippen LogP contribution is 2.03. The van der Waals surface area contributed by atoms with E-state index in [0.717, 1.165) is 12.8 Å². The highest BCUT2D eigenvalue weighted by Gasteiger charge is 2.09. The molecule has 0 aliphatic rings. The van der Waals surface area contributed by atoms with Gasteiger partial charge >= 0.3 is 0 Å². The number of hydrogen-bond donors (Lipinski definition) is 2. The molecule has 2 nitrogen and oxygen atoms in total. The third kappa shape index (κ3) is 5.56. The van der Waals surface area contributed by atoms with Crippen LogP contribution in [0.15, 0.2) is 0 Å². The maximum atomic E-state index is 8.63. The first-order valence-corrected chi connectivity index (χ1v) is 4.94. The van der Waals surface area contributed by atoms with Gasteiger partial charge in [0.25, 0.3) is 0 Å². The second kappa shape index (κ2) is 6.44. The van der Waals surface area contributed by atoms with E-state index in [1.807, 2.05) is 0 Å². The first-order valence-electron chi connectivity index (χ1n) is 4.94. The first-order chi connectivity index (χ1) is 5.57. The molecule has 0 aliphatic heterocycles. The van der Waals surface area contributed by atoms with Gasteiger partial charge < -0.3 is 10.4 Å². The van der Waals surface area contributed by atoms with Crippen LogP contribution in [-0.2, 0) is 0 Å². The van der Waals surface area contributed by atoms with Crippen molar-refractivity contribution in [3.8, 4) is 0 Å². The highest BCUT2D eigenvalue weighted by atomic mass is 16.2. The Morgan fingerprint density at radius 1 is 1.17 bits per heavy atom. The molecule has 0 radical (unpaired) electrons. The molecule has 0 saturated heterocycles. The Bertz CT molecular complexity index is 104. The van der Waals surface area contributed by atoms with Gasteiger partial charge in [-0.2, -0.15) is 0 Å². The van der Waals surface area contributed by atoms with E-state index >= 15 is 0 Å². The Hall–Kier alpha value is -0.0800. The summed E-state index contributed by atoms with van der Waals surface area (Å²) in [5, 5.41) is 12.1. The van der Waals surface area contributed by atoms with E-state index in [1.54, 1.807) is 0 Å². The molecule has 0 aromatic heterocycles. The summed E-state index contributed by atoms with van der Waals surface area (Å²) in [6, 6.07) is 1.09. The third-order valence-electron chi connectivity index (χ3n) is 2.34. The zero-order chi connectivity index (χ0) is 9.56. The van der Waals surface area contributed by atoms with Crippen molar-refractivity contribution in [2.24, 2.45) is 5.92 Å². The molecule has 0 bridgehead atoms. The molecule has 0 aromatic rings. The molecule has 0 aromatic carbocycles. The van der Waals surface area contributed by atoms with Crippen molar-refractivity contribution in [2.75, 3.05) is 6.61 Å². The van der Waals surface area contributed by atoms with Crippen LogP contribution in [0.25, 0.3) is 0 Å². The van der Waals surface area contributed by atoms with Crippen LogP contribution in [0, 0.1) is 5.92 Å². The van der Waals surface area contributed by atoms with Crippen molar-refractivity contribution >= 4 is 0 Å². The zero-order valence-electron chi connectivity index (χ0n) is 8.80. The van der Waals surface area contributed by atoms with Crippen molar-refractivity contribution in [3.63, 3.8) is 0 Å². The van der Waals surface area contributed by atoms with Crippen LogP contribution in [0.3, 0.4) is 0 Å². The minimum atomic E-state index is 0.308. The standard InChI is InChI=1S/C10H23NO/c1-8(2)10(4)11-9(3)6-5-7-12/h8-12H,5-7H2,1-4H3/t9-,10-/m1/s1. The zero-order valence-corrected chi connectivity index (χ0v) is 8.80. The average Bonchev–Trinajstić information content (AvgIpc) is 2.00. The SMILES string of the molecule is CC(C)[C@@H](C)N[C@H](C)CCCO. The molecular weight excluding hydrogens is 150 g/mol. The van der Waals surface area contributed by atoms with E-state index in [0.29, 0.717) is 24.6 Å². The van der Waals surface area contributed by atoms with Gasteiger partial charge in [-0.05, 0) is 32.6 Å². The van der Waals surface area contributed by atoms with Crippen molar-refractivity contribution in [2.45, 2.75) is 52.6 Å². The van der Waals surface area contributed by atoms with Gasteiger partial charge in [-0.15, -0.1) is 0 Å². The van der Waals surface area contributed by atoms with Crippen molar-refractivity contribution in [3.05, 3.63) is 0 Å². The fraction of sp³-hybridized carbons (Fsp3) is 1.00. The molecule has 74 valence electrons. The summed E-state index contributed by atoms with van der Waals surface area (Å²) in [7, 11) is 0. The number of aliphatic hydroxyl groups is 1. The predicted octanol–water partition coefficient (Wildman–Crippen LogP) is 1.78. The number of nitrogens with one attached hydrogen (secondary N) is 1. The van der Waals surface area contributed by atoms with E-state index in [9.17, 15) is 0 Å².